The second kappa shape index (κ2) is 8.34. The fourth-order valence-corrected chi connectivity index (χ4v) is 3.30. The number of nitrogens with zero attached hydrogens (tertiary/aromatic N) is 2. The van der Waals surface area contributed by atoms with Crippen LogP contribution in [0.25, 0.3) is 0 Å². The van der Waals surface area contributed by atoms with E-state index in [0.717, 1.165) is 29.7 Å². The van der Waals surface area contributed by atoms with Gasteiger partial charge in [0.05, 0.1) is 19.1 Å². The number of methoxy groups -OCH3 is 1. The first kappa shape index (κ1) is 19.2. The molecule has 1 aliphatic heterocycles. The van der Waals surface area contributed by atoms with Gasteiger partial charge in [0, 0.05) is 25.2 Å². The summed E-state index contributed by atoms with van der Waals surface area (Å²) >= 11 is 0. The number of benzene rings is 1. The van der Waals surface area contributed by atoms with Crippen LogP contribution in [-0.4, -0.2) is 54.9 Å². The number of amides is 2. The van der Waals surface area contributed by atoms with Gasteiger partial charge in [-0.1, -0.05) is 17.7 Å². The fourth-order valence-electron chi connectivity index (χ4n) is 3.30. The topological polar surface area (TPSA) is 75.9 Å². The number of aryl methyl sites for hydroxylation is 1. The van der Waals surface area contributed by atoms with Gasteiger partial charge in [0.1, 0.15) is 5.75 Å². The lowest BCUT2D eigenvalue weighted by Gasteiger charge is -2.35. The lowest BCUT2D eigenvalue weighted by molar-refractivity contribution is -0.139. The monoisotopic (exact) mass is 347 g/mol. The molecule has 2 N–H and O–H groups in total. The zero-order chi connectivity index (χ0) is 18.6. The van der Waals surface area contributed by atoms with Gasteiger partial charge in [0.2, 0.25) is 11.8 Å². The molecule has 2 rings (SSSR count). The van der Waals surface area contributed by atoms with Gasteiger partial charge in [-0.2, -0.15) is 0 Å². The highest BCUT2D eigenvalue weighted by molar-refractivity contribution is 5.83. The van der Waals surface area contributed by atoms with Crippen molar-refractivity contribution in [1.82, 2.24) is 9.80 Å². The van der Waals surface area contributed by atoms with Crippen LogP contribution >= 0.6 is 0 Å². The molecule has 6 heteroatoms. The summed E-state index contributed by atoms with van der Waals surface area (Å²) in [5, 5.41) is 0. The molecular weight excluding hydrogens is 318 g/mol. The van der Waals surface area contributed by atoms with E-state index in [2.05, 4.69) is 6.07 Å². The van der Waals surface area contributed by atoms with Gasteiger partial charge in [0.25, 0.3) is 0 Å². The SMILES string of the molecule is COc1ccc(C)cc1CN(C)[C@@H](C)C(=O)N1CCC[C@@H](C(N)=O)C1. The zero-order valence-corrected chi connectivity index (χ0v) is 15.6. The molecule has 1 fully saturated rings. The van der Waals surface area contributed by atoms with Crippen molar-refractivity contribution in [2.75, 3.05) is 27.2 Å². The van der Waals surface area contributed by atoms with Gasteiger partial charge >= 0.3 is 0 Å². The van der Waals surface area contributed by atoms with Gasteiger partial charge in [0.15, 0.2) is 0 Å². The van der Waals surface area contributed by atoms with Crippen molar-refractivity contribution < 1.29 is 14.3 Å². The molecule has 1 aromatic rings. The first-order valence-corrected chi connectivity index (χ1v) is 8.75. The predicted molar refractivity (Wildman–Crippen MR) is 97.2 cm³/mol. The first-order valence-electron chi connectivity index (χ1n) is 8.75. The maximum absolute atomic E-state index is 12.8. The molecule has 0 saturated carbocycles. The minimum absolute atomic E-state index is 0.0417. The summed E-state index contributed by atoms with van der Waals surface area (Å²) in [7, 11) is 3.58. The number of ether oxygens (including phenoxy) is 1. The number of hydrogen-bond acceptors (Lipinski definition) is 4. The molecule has 0 bridgehead atoms. The standard InChI is InChI=1S/C19H29N3O3/c1-13-7-8-17(25-4)16(10-13)11-21(3)14(2)19(24)22-9-5-6-15(12-22)18(20)23/h7-8,10,14-15H,5-6,9,11-12H2,1-4H3,(H2,20,23)/t14-,15+/m0/s1. The average molecular weight is 347 g/mol. The highest BCUT2D eigenvalue weighted by Gasteiger charge is 2.30. The van der Waals surface area contributed by atoms with Crippen LogP contribution in [0.3, 0.4) is 0 Å². The molecule has 1 saturated heterocycles. The molecule has 2 amide bonds. The number of likely N-dealkylation sites (N-methyl/N-ethyl adjacent to an activating group) is 1. The Morgan fingerprint density at radius 2 is 2.16 bits per heavy atom. The Kier molecular flexibility index (Phi) is 6.42. The van der Waals surface area contributed by atoms with Crippen LogP contribution in [0.5, 0.6) is 5.75 Å². The molecule has 25 heavy (non-hydrogen) atoms. The van der Waals surface area contributed by atoms with Gasteiger partial charge in [-0.3, -0.25) is 14.5 Å². The highest BCUT2D eigenvalue weighted by atomic mass is 16.5. The minimum Gasteiger partial charge on any atom is -0.496 e. The largest absolute Gasteiger partial charge is 0.496 e. The predicted octanol–water partition coefficient (Wildman–Crippen LogP) is 1.55. The third kappa shape index (κ3) is 4.72. The summed E-state index contributed by atoms with van der Waals surface area (Å²) in [6, 6.07) is 5.76. The molecule has 138 valence electrons. The molecule has 1 aliphatic rings. The average Bonchev–Trinajstić information content (AvgIpc) is 2.60. The Hall–Kier alpha value is -2.08. The Morgan fingerprint density at radius 3 is 2.80 bits per heavy atom. The van der Waals surface area contributed by atoms with Crippen LogP contribution in [0.4, 0.5) is 0 Å². The van der Waals surface area contributed by atoms with Gasteiger partial charge in [-0.25, -0.2) is 0 Å². The fraction of sp³-hybridized carbons (Fsp3) is 0.579. The van der Waals surface area contributed by atoms with E-state index in [4.69, 9.17) is 10.5 Å². The summed E-state index contributed by atoms with van der Waals surface area (Å²) in [6.45, 7) is 5.67. The number of nitrogens with two attached hydrogens (primary N) is 1. The van der Waals surface area contributed by atoms with Gasteiger partial charge < -0.3 is 15.4 Å². The second-order valence-corrected chi connectivity index (χ2v) is 6.93. The van der Waals surface area contributed by atoms with E-state index in [9.17, 15) is 9.59 Å². The molecule has 0 spiro atoms. The molecule has 6 nitrogen and oxygen atoms in total. The van der Waals surface area contributed by atoms with Crippen LogP contribution in [0.2, 0.25) is 0 Å². The van der Waals surface area contributed by atoms with Crippen molar-refractivity contribution in [3.8, 4) is 5.75 Å². The normalized spacial score (nSPS) is 18.9. The number of primary amides is 1. The van der Waals surface area contributed by atoms with E-state index < -0.39 is 0 Å². The van der Waals surface area contributed by atoms with E-state index in [1.807, 2.05) is 37.9 Å². The Morgan fingerprint density at radius 1 is 1.44 bits per heavy atom. The molecule has 0 unspecified atom stereocenters. The Bertz CT molecular complexity index is 632. The van der Waals surface area contributed by atoms with Crippen molar-refractivity contribution in [1.29, 1.82) is 0 Å². The first-order chi connectivity index (χ1) is 11.8. The van der Waals surface area contributed by atoms with Crippen LogP contribution < -0.4 is 10.5 Å². The van der Waals surface area contributed by atoms with Crippen molar-refractivity contribution in [2.45, 2.75) is 39.3 Å². The summed E-state index contributed by atoms with van der Waals surface area (Å²) in [4.78, 5) is 28.0. The van der Waals surface area contributed by atoms with Crippen molar-refractivity contribution in [2.24, 2.45) is 11.7 Å². The van der Waals surface area contributed by atoms with Crippen molar-refractivity contribution in [3.63, 3.8) is 0 Å². The molecule has 2 atom stereocenters. The van der Waals surface area contributed by atoms with E-state index in [0.29, 0.717) is 19.6 Å². The van der Waals surface area contributed by atoms with E-state index in [-0.39, 0.29) is 23.8 Å². The third-order valence-electron chi connectivity index (χ3n) is 5.01. The van der Waals surface area contributed by atoms with E-state index >= 15 is 0 Å². The number of rotatable bonds is 6. The minimum atomic E-state index is -0.317. The molecule has 0 aliphatic carbocycles. The Balaban J connectivity index is 2.04. The third-order valence-corrected chi connectivity index (χ3v) is 5.01. The molecule has 0 radical (unpaired) electrons. The maximum Gasteiger partial charge on any atom is 0.239 e. The number of piperidine rings is 1. The van der Waals surface area contributed by atoms with E-state index in [1.54, 1.807) is 12.0 Å². The van der Waals surface area contributed by atoms with Crippen LogP contribution in [-0.2, 0) is 16.1 Å². The van der Waals surface area contributed by atoms with E-state index in [1.165, 1.54) is 0 Å². The lowest BCUT2D eigenvalue weighted by Crippen LogP contribution is -2.50. The molecule has 0 aromatic heterocycles. The zero-order valence-electron chi connectivity index (χ0n) is 15.6. The maximum atomic E-state index is 12.8. The summed E-state index contributed by atoms with van der Waals surface area (Å²) in [5.41, 5.74) is 7.62. The van der Waals surface area contributed by atoms with Crippen LogP contribution in [0.1, 0.15) is 30.9 Å². The number of likely N-dealkylation sites (tertiary alicyclic amines) is 1. The van der Waals surface area contributed by atoms with Gasteiger partial charge in [-0.05, 0) is 39.8 Å². The lowest BCUT2D eigenvalue weighted by atomic mass is 9.97. The Labute approximate surface area is 149 Å². The highest BCUT2D eigenvalue weighted by Crippen LogP contribution is 2.23. The summed E-state index contributed by atoms with van der Waals surface area (Å²) in [5.74, 6) is 0.319. The summed E-state index contributed by atoms with van der Waals surface area (Å²) < 4.78 is 5.42. The van der Waals surface area contributed by atoms with Crippen LogP contribution in [0.15, 0.2) is 18.2 Å². The number of hydrogen-bond donors (Lipinski definition) is 1. The molecule has 1 aromatic carbocycles. The smallest absolute Gasteiger partial charge is 0.239 e. The van der Waals surface area contributed by atoms with Gasteiger partial charge in [-0.15, -0.1) is 0 Å². The van der Waals surface area contributed by atoms with Crippen LogP contribution in [0, 0.1) is 12.8 Å². The van der Waals surface area contributed by atoms with Crippen molar-refractivity contribution in [3.05, 3.63) is 29.3 Å². The quantitative estimate of drug-likeness (QED) is 0.847. The molecular formula is C19H29N3O3. The van der Waals surface area contributed by atoms with Crippen molar-refractivity contribution >= 4 is 11.8 Å². The number of carbonyl (C=O) groups is 2. The number of carbonyl (C=O) groups excluding carboxylic acids is 2. The summed E-state index contributed by atoms with van der Waals surface area (Å²) in [6.07, 6.45) is 1.59. The second-order valence-electron chi connectivity index (χ2n) is 6.93. The molecule has 1 heterocycles.